The fourth-order valence-electron chi connectivity index (χ4n) is 3.25. The third-order valence-corrected chi connectivity index (χ3v) is 4.05. The lowest BCUT2D eigenvalue weighted by Gasteiger charge is -2.35. The van der Waals surface area contributed by atoms with Crippen molar-refractivity contribution in [2.75, 3.05) is 13.1 Å². The minimum atomic E-state index is 0.201. The highest BCUT2D eigenvalue weighted by Crippen LogP contribution is 2.21. The second-order valence-electron chi connectivity index (χ2n) is 6.11. The Hall–Kier alpha value is -1.84. The van der Waals surface area contributed by atoms with Gasteiger partial charge in [0.25, 0.3) is 0 Å². The van der Waals surface area contributed by atoms with Gasteiger partial charge in [-0.1, -0.05) is 26.0 Å². The lowest BCUT2D eigenvalue weighted by atomic mass is 9.92. The fourth-order valence-corrected chi connectivity index (χ4v) is 3.25. The van der Waals surface area contributed by atoms with Crippen LogP contribution in [-0.4, -0.2) is 33.4 Å². The molecule has 4 nitrogen and oxygen atoms in total. The maximum atomic E-state index is 12.5. The molecule has 0 radical (unpaired) electrons. The van der Waals surface area contributed by atoms with Crippen molar-refractivity contribution in [2.24, 2.45) is 11.8 Å². The number of rotatable bonds is 2. The van der Waals surface area contributed by atoms with Gasteiger partial charge in [0.1, 0.15) is 6.54 Å². The van der Waals surface area contributed by atoms with Crippen LogP contribution in [0.5, 0.6) is 0 Å². The van der Waals surface area contributed by atoms with E-state index in [1.165, 1.54) is 6.42 Å². The summed E-state index contributed by atoms with van der Waals surface area (Å²) in [6, 6.07) is 7.93. The van der Waals surface area contributed by atoms with Crippen molar-refractivity contribution in [3.8, 4) is 0 Å². The van der Waals surface area contributed by atoms with E-state index < -0.39 is 0 Å². The van der Waals surface area contributed by atoms with Crippen LogP contribution < -0.4 is 0 Å². The Bertz CT molecular complexity index is 609. The van der Waals surface area contributed by atoms with Crippen molar-refractivity contribution in [1.29, 1.82) is 0 Å². The molecule has 0 spiro atoms. The van der Waals surface area contributed by atoms with E-state index in [9.17, 15) is 4.79 Å². The Morgan fingerprint density at radius 2 is 1.95 bits per heavy atom. The van der Waals surface area contributed by atoms with Gasteiger partial charge in [-0.25, -0.2) is 4.98 Å². The third-order valence-electron chi connectivity index (χ3n) is 4.05. The number of carbonyl (C=O) groups is 1. The average Bonchev–Trinajstić information content (AvgIpc) is 2.81. The SMILES string of the molecule is CC1CC(C)CN(C(=O)Cn2cnc3ccccc32)C1. The lowest BCUT2D eigenvalue weighted by Crippen LogP contribution is -2.43. The zero-order chi connectivity index (χ0) is 14.1. The molecule has 1 saturated heterocycles. The van der Waals surface area contributed by atoms with E-state index in [1.54, 1.807) is 6.33 Å². The highest BCUT2D eigenvalue weighted by molar-refractivity contribution is 5.80. The molecule has 3 rings (SSSR count). The summed E-state index contributed by atoms with van der Waals surface area (Å²) in [7, 11) is 0. The molecule has 4 heteroatoms. The summed E-state index contributed by atoms with van der Waals surface area (Å²) in [6.45, 7) is 6.61. The number of likely N-dealkylation sites (tertiary alicyclic amines) is 1. The summed E-state index contributed by atoms with van der Waals surface area (Å²) in [4.78, 5) is 18.8. The van der Waals surface area contributed by atoms with Crippen LogP contribution in [0.1, 0.15) is 20.3 Å². The van der Waals surface area contributed by atoms with Gasteiger partial charge in [-0.3, -0.25) is 4.79 Å². The second-order valence-corrected chi connectivity index (χ2v) is 6.11. The number of aromatic nitrogens is 2. The molecule has 1 fully saturated rings. The van der Waals surface area contributed by atoms with Crippen LogP contribution >= 0.6 is 0 Å². The lowest BCUT2D eigenvalue weighted by molar-refractivity contribution is -0.134. The summed E-state index contributed by atoms with van der Waals surface area (Å²) in [5.41, 5.74) is 1.97. The van der Waals surface area contributed by atoms with Gasteiger partial charge in [0, 0.05) is 13.1 Å². The van der Waals surface area contributed by atoms with Crippen LogP contribution in [0.3, 0.4) is 0 Å². The number of nitrogens with zero attached hydrogens (tertiary/aromatic N) is 3. The van der Waals surface area contributed by atoms with Gasteiger partial charge in [0.15, 0.2) is 0 Å². The standard InChI is InChI=1S/C16H21N3O/c1-12-7-13(2)9-18(8-12)16(20)10-19-11-17-14-5-3-4-6-15(14)19/h3-6,11-13H,7-10H2,1-2H3. The van der Waals surface area contributed by atoms with Crippen molar-refractivity contribution in [1.82, 2.24) is 14.5 Å². The van der Waals surface area contributed by atoms with Crippen molar-refractivity contribution >= 4 is 16.9 Å². The van der Waals surface area contributed by atoms with Crippen molar-refractivity contribution in [2.45, 2.75) is 26.8 Å². The number of hydrogen-bond acceptors (Lipinski definition) is 2. The zero-order valence-electron chi connectivity index (χ0n) is 12.1. The maximum Gasteiger partial charge on any atom is 0.242 e. The minimum absolute atomic E-state index is 0.201. The van der Waals surface area contributed by atoms with Crippen molar-refractivity contribution < 1.29 is 4.79 Å². The summed E-state index contributed by atoms with van der Waals surface area (Å²) < 4.78 is 1.95. The average molecular weight is 271 g/mol. The topological polar surface area (TPSA) is 38.1 Å². The molecule has 2 atom stereocenters. The Balaban J connectivity index is 1.75. The molecule has 106 valence electrons. The normalized spacial score (nSPS) is 23.2. The van der Waals surface area contributed by atoms with Crippen LogP contribution in [0.25, 0.3) is 11.0 Å². The molecule has 1 aliphatic heterocycles. The van der Waals surface area contributed by atoms with Crippen LogP contribution in [0.4, 0.5) is 0 Å². The smallest absolute Gasteiger partial charge is 0.242 e. The van der Waals surface area contributed by atoms with Gasteiger partial charge in [0.2, 0.25) is 5.91 Å². The molecule has 2 unspecified atom stereocenters. The quantitative estimate of drug-likeness (QED) is 0.842. The maximum absolute atomic E-state index is 12.5. The Kier molecular flexibility index (Phi) is 3.47. The first kappa shape index (κ1) is 13.2. The molecule has 1 aromatic heterocycles. The van der Waals surface area contributed by atoms with Crippen LogP contribution in [0.2, 0.25) is 0 Å². The van der Waals surface area contributed by atoms with E-state index in [-0.39, 0.29) is 5.91 Å². The molecule has 20 heavy (non-hydrogen) atoms. The first-order chi connectivity index (χ1) is 9.63. The highest BCUT2D eigenvalue weighted by Gasteiger charge is 2.25. The van der Waals surface area contributed by atoms with E-state index in [2.05, 4.69) is 18.8 Å². The number of hydrogen-bond donors (Lipinski definition) is 0. The molecule has 0 N–H and O–H groups in total. The highest BCUT2D eigenvalue weighted by atomic mass is 16.2. The minimum Gasteiger partial charge on any atom is -0.341 e. The van der Waals surface area contributed by atoms with Gasteiger partial charge < -0.3 is 9.47 Å². The summed E-state index contributed by atoms with van der Waals surface area (Å²) in [6.07, 6.45) is 2.98. The monoisotopic (exact) mass is 271 g/mol. The molecule has 1 amide bonds. The number of piperidine rings is 1. The number of para-hydroxylation sites is 2. The number of benzene rings is 1. The fraction of sp³-hybridized carbons (Fsp3) is 0.500. The van der Waals surface area contributed by atoms with Gasteiger partial charge in [-0.2, -0.15) is 0 Å². The second kappa shape index (κ2) is 5.27. The van der Waals surface area contributed by atoms with Crippen LogP contribution in [0, 0.1) is 11.8 Å². The molecule has 1 aliphatic rings. The van der Waals surface area contributed by atoms with E-state index in [1.807, 2.05) is 33.7 Å². The number of fused-ring (bicyclic) bond motifs is 1. The van der Waals surface area contributed by atoms with Crippen molar-refractivity contribution in [3.63, 3.8) is 0 Å². The molecule has 0 aliphatic carbocycles. The van der Waals surface area contributed by atoms with E-state index in [0.717, 1.165) is 24.1 Å². The number of carbonyl (C=O) groups excluding carboxylic acids is 1. The zero-order valence-corrected chi connectivity index (χ0v) is 12.1. The van der Waals surface area contributed by atoms with Crippen LogP contribution in [0.15, 0.2) is 30.6 Å². The Morgan fingerprint density at radius 3 is 2.70 bits per heavy atom. The Morgan fingerprint density at radius 1 is 1.25 bits per heavy atom. The molecule has 0 bridgehead atoms. The van der Waals surface area contributed by atoms with Crippen LogP contribution in [-0.2, 0) is 11.3 Å². The van der Waals surface area contributed by atoms with Gasteiger partial charge >= 0.3 is 0 Å². The molecule has 1 aromatic carbocycles. The molecule has 0 saturated carbocycles. The predicted octanol–water partition coefficient (Wildman–Crippen LogP) is 2.54. The number of amides is 1. The third kappa shape index (κ3) is 2.55. The molecule has 2 heterocycles. The van der Waals surface area contributed by atoms with E-state index in [0.29, 0.717) is 18.4 Å². The molecule has 2 aromatic rings. The first-order valence-corrected chi connectivity index (χ1v) is 7.31. The predicted molar refractivity (Wildman–Crippen MR) is 79.3 cm³/mol. The van der Waals surface area contributed by atoms with E-state index >= 15 is 0 Å². The summed E-state index contributed by atoms with van der Waals surface area (Å²) in [5.74, 6) is 1.40. The number of imidazole rings is 1. The Labute approximate surface area is 119 Å². The molecular formula is C16H21N3O. The van der Waals surface area contributed by atoms with Crippen molar-refractivity contribution in [3.05, 3.63) is 30.6 Å². The van der Waals surface area contributed by atoms with E-state index in [4.69, 9.17) is 0 Å². The van der Waals surface area contributed by atoms with Gasteiger partial charge in [0.05, 0.1) is 17.4 Å². The summed E-state index contributed by atoms with van der Waals surface area (Å²) >= 11 is 0. The van der Waals surface area contributed by atoms with Gasteiger partial charge in [-0.15, -0.1) is 0 Å². The molecular weight excluding hydrogens is 250 g/mol. The summed E-state index contributed by atoms with van der Waals surface area (Å²) in [5, 5.41) is 0. The largest absolute Gasteiger partial charge is 0.341 e. The first-order valence-electron chi connectivity index (χ1n) is 7.31. The van der Waals surface area contributed by atoms with Gasteiger partial charge in [-0.05, 0) is 30.4 Å².